The van der Waals surface area contributed by atoms with Crippen LogP contribution in [0.2, 0.25) is 0 Å². The van der Waals surface area contributed by atoms with Crippen molar-refractivity contribution in [3.8, 4) is 0 Å². The molecule has 2 heteroatoms. The molecule has 56 valence electrons. The zero-order valence-electron chi connectivity index (χ0n) is 6.03. The molecule has 0 nitrogen and oxygen atoms in total. The van der Waals surface area contributed by atoms with Gasteiger partial charge in [-0.3, -0.25) is 0 Å². The van der Waals surface area contributed by atoms with E-state index in [1.807, 2.05) is 0 Å². The predicted molar refractivity (Wildman–Crippen MR) is 47.8 cm³/mol. The van der Waals surface area contributed by atoms with Gasteiger partial charge in [-0.05, 0) is 30.6 Å². The standard InChI is InChI=1S/C7H15ClS/c1-9(7-8)5-3-2-4-6-9/h2-7H2,1H3. The van der Waals surface area contributed by atoms with Gasteiger partial charge in [0.15, 0.2) is 0 Å². The summed E-state index contributed by atoms with van der Waals surface area (Å²) in [5.41, 5.74) is 0. The second-order valence-corrected chi connectivity index (χ2v) is 7.70. The second-order valence-electron chi connectivity index (χ2n) is 3.06. The predicted octanol–water partition coefficient (Wildman–Crippen LogP) is 2.80. The number of alkyl halides is 1. The maximum Gasteiger partial charge on any atom is 0.0525 e. The molecular weight excluding hydrogens is 152 g/mol. The van der Waals surface area contributed by atoms with Crippen LogP contribution in [0, 0.1) is 0 Å². The summed E-state index contributed by atoms with van der Waals surface area (Å²) in [6.07, 6.45) is 6.69. The molecule has 0 radical (unpaired) electrons. The molecule has 1 rings (SSSR count). The van der Waals surface area contributed by atoms with Gasteiger partial charge in [0.25, 0.3) is 0 Å². The van der Waals surface area contributed by atoms with E-state index < -0.39 is 0 Å². The van der Waals surface area contributed by atoms with Crippen molar-refractivity contribution >= 4 is 21.6 Å². The highest BCUT2D eigenvalue weighted by Crippen LogP contribution is 2.49. The van der Waals surface area contributed by atoms with Crippen LogP contribution < -0.4 is 0 Å². The molecule has 0 N–H and O–H groups in total. The lowest BCUT2D eigenvalue weighted by Gasteiger charge is -2.37. The third-order valence-corrected chi connectivity index (χ3v) is 6.69. The summed E-state index contributed by atoms with van der Waals surface area (Å²) < 4.78 is 0. The highest BCUT2D eigenvalue weighted by Gasteiger charge is 2.19. The molecule has 0 amide bonds. The van der Waals surface area contributed by atoms with Gasteiger partial charge in [-0.2, -0.15) is 0 Å². The maximum atomic E-state index is 5.86. The summed E-state index contributed by atoms with van der Waals surface area (Å²) in [6, 6.07) is 0. The van der Waals surface area contributed by atoms with Gasteiger partial charge < -0.3 is 0 Å². The molecule has 0 unspecified atom stereocenters. The first-order chi connectivity index (χ1) is 4.27. The fourth-order valence-corrected chi connectivity index (χ4v) is 4.17. The summed E-state index contributed by atoms with van der Waals surface area (Å²) >= 11 is 5.86. The SMILES string of the molecule is CS1(CCl)CCCCC1. The molecule has 0 atom stereocenters. The van der Waals surface area contributed by atoms with E-state index in [0.29, 0.717) is 0 Å². The van der Waals surface area contributed by atoms with E-state index in [4.69, 9.17) is 11.6 Å². The van der Waals surface area contributed by atoms with Gasteiger partial charge in [0.2, 0.25) is 0 Å². The molecule has 0 saturated carbocycles. The van der Waals surface area contributed by atoms with Crippen LogP contribution in [0.15, 0.2) is 0 Å². The summed E-state index contributed by atoms with van der Waals surface area (Å²) in [4.78, 5) is 0. The Morgan fingerprint density at radius 3 is 2.11 bits per heavy atom. The fourth-order valence-electron chi connectivity index (χ4n) is 1.29. The Morgan fingerprint density at radius 1 is 1.22 bits per heavy atom. The van der Waals surface area contributed by atoms with Crippen molar-refractivity contribution in [2.45, 2.75) is 19.3 Å². The first-order valence-corrected chi connectivity index (χ1v) is 6.62. The molecular formula is C7H15ClS. The van der Waals surface area contributed by atoms with E-state index in [1.54, 1.807) is 0 Å². The quantitative estimate of drug-likeness (QED) is 0.526. The molecule has 0 bridgehead atoms. The zero-order chi connectivity index (χ0) is 6.74. The Bertz CT molecular complexity index is 86.9. The van der Waals surface area contributed by atoms with Crippen molar-refractivity contribution in [3.05, 3.63) is 0 Å². The Balaban J connectivity index is 2.37. The fraction of sp³-hybridized carbons (Fsp3) is 1.00. The molecule has 0 aromatic rings. The highest BCUT2D eigenvalue weighted by atomic mass is 35.5. The van der Waals surface area contributed by atoms with Crippen LogP contribution in [0.3, 0.4) is 0 Å². The van der Waals surface area contributed by atoms with Gasteiger partial charge in [0.05, 0.1) is 5.21 Å². The van der Waals surface area contributed by atoms with Gasteiger partial charge in [-0.1, -0.05) is 6.42 Å². The minimum Gasteiger partial charge on any atom is -0.231 e. The van der Waals surface area contributed by atoms with Crippen LogP contribution in [0.1, 0.15) is 19.3 Å². The third kappa shape index (κ3) is 2.05. The van der Waals surface area contributed by atoms with Gasteiger partial charge in [0.1, 0.15) is 0 Å². The van der Waals surface area contributed by atoms with Gasteiger partial charge in [-0.15, -0.1) is 11.6 Å². The van der Waals surface area contributed by atoms with Crippen LogP contribution in [0.4, 0.5) is 0 Å². The van der Waals surface area contributed by atoms with Crippen molar-refractivity contribution in [1.29, 1.82) is 0 Å². The second kappa shape index (κ2) is 3.16. The van der Waals surface area contributed by atoms with Gasteiger partial charge >= 0.3 is 0 Å². The first-order valence-electron chi connectivity index (χ1n) is 3.54. The largest absolute Gasteiger partial charge is 0.231 e. The lowest BCUT2D eigenvalue weighted by Crippen LogP contribution is -2.14. The monoisotopic (exact) mass is 166 g/mol. The van der Waals surface area contributed by atoms with Crippen LogP contribution in [-0.2, 0) is 0 Å². The van der Waals surface area contributed by atoms with E-state index in [9.17, 15) is 0 Å². The number of rotatable bonds is 1. The van der Waals surface area contributed by atoms with Crippen molar-refractivity contribution in [3.63, 3.8) is 0 Å². The molecule has 0 aromatic carbocycles. The van der Waals surface area contributed by atoms with E-state index >= 15 is 0 Å². The summed E-state index contributed by atoms with van der Waals surface area (Å²) in [5, 5.41) is 0.938. The molecule has 1 aliphatic heterocycles. The molecule has 9 heavy (non-hydrogen) atoms. The minimum absolute atomic E-state index is 0.313. The van der Waals surface area contributed by atoms with E-state index in [-0.39, 0.29) is 10.0 Å². The Hall–Kier alpha value is 0.640. The van der Waals surface area contributed by atoms with E-state index in [1.165, 1.54) is 30.8 Å². The lowest BCUT2D eigenvalue weighted by molar-refractivity contribution is 0.755. The van der Waals surface area contributed by atoms with Crippen LogP contribution in [-0.4, -0.2) is 23.0 Å². The smallest absolute Gasteiger partial charge is 0.0525 e. The highest BCUT2D eigenvalue weighted by molar-refractivity contribution is 8.33. The average molecular weight is 167 g/mol. The molecule has 0 aliphatic carbocycles. The Morgan fingerprint density at radius 2 is 1.78 bits per heavy atom. The lowest BCUT2D eigenvalue weighted by atomic mass is 10.3. The molecule has 1 aliphatic rings. The number of halogens is 1. The topological polar surface area (TPSA) is 0 Å². The first kappa shape index (κ1) is 7.74. The van der Waals surface area contributed by atoms with Crippen LogP contribution in [0.5, 0.6) is 0 Å². The number of hydrogen-bond donors (Lipinski definition) is 0. The average Bonchev–Trinajstić information content (AvgIpc) is 1.90. The summed E-state index contributed by atoms with van der Waals surface area (Å²) in [7, 11) is -0.313. The van der Waals surface area contributed by atoms with E-state index in [0.717, 1.165) is 5.21 Å². The molecule has 1 heterocycles. The maximum absolute atomic E-state index is 5.86. The molecule has 1 saturated heterocycles. The molecule has 1 fully saturated rings. The Kier molecular flexibility index (Phi) is 2.72. The van der Waals surface area contributed by atoms with Crippen LogP contribution >= 0.6 is 21.6 Å². The van der Waals surface area contributed by atoms with Gasteiger partial charge in [-0.25, -0.2) is 10.0 Å². The van der Waals surface area contributed by atoms with Crippen molar-refractivity contribution in [2.75, 3.05) is 23.0 Å². The van der Waals surface area contributed by atoms with E-state index in [2.05, 4.69) is 6.26 Å². The van der Waals surface area contributed by atoms with Crippen molar-refractivity contribution in [1.82, 2.24) is 0 Å². The van der Waals surface area contributed by atoms with Gasteiger partial charge in [0, 0.05) is 0 Å². The van der Waals surface area contributed by atoms with Crippen LogP contribution in [0.25, 0.3) is 0 Å². The normalized spacial score (nSPS) is 29.6. The number of hydrogen-bond acceptors (Lipinski definition) is 0. The molecule has 0 aromatic heterocycles. The molecule has 0 spiro atoms. The van der Waals surface area contributed by atoms with Crippen molar-refractivity contribution < 1.29 is 0 Å². The summed E-state index contributed by atoms with van der Waals surface area (Å²) in [6.45, 7) is 0. The minimum atomic E-state index is -0.313. The zero-order valence-corrected chi connectivity index (χ0v) is 7.60. The third-order valence-electron chi connectivity index (χ3n) is 2.04. The Labute approximate surface area is 64.3 Å². The van der Waals surface area contributed by atoms with Crippen molar-refractivity contribution in [2.24, 2.45) is 0 Å². The summed E-state index contributed by atoms with van der Waals surface area (Å²) in [5.74, 6) is 2.85.